The Morgan fingerprint density at radius 3 is 2.26 bits per heavy atom. The lowest BCUT2D eigenvalue weighted by atomic mass is 9.96. The fourth-order valence-corrected chi connectivity index (χ4v) is 3.80. The molecule has 5 heteroatoms. The number of nitrogens with one attached hydrogen (secondary N) is 1. The third-order valence-electron chi connectivity index (χ3n) is 4.97. The van der Waals surface area contributed by atoms with Crippen molar-refractivity contribution in [1.29, 1.82) is 0 Å². The first-order valence-corrected chi connectivity index (χ1v) is 8.49. The van der Waals surface area contributed by atoms with Gasteiger partial charge in [-0.3, -0.25) is 0 Å². The Morgan fingerprint density at radius 2 is 1.48 bits per heavy atom. The van der Waals surface area contributed by atoms with E-state index in [1.54, 1.807) is 30.3 Å². The topological polar surface area (TPSA) is 85.7 Å². The number of para-hydroxylation sites is 1. The fourth-order valence-electron chi connectivity index (χ4n) is 3.80. The van der Waals surface area contributed by atoms with Gasteiger partial charge in [0, 0.05) is 27.4 Å². The second-order valence-corrected chi connectivity index (χ2v) is 6.51. The summed E-state index contributed by atoms with van der Waals surface area (Å²) in [5.74, 6) is 0.269. The van der Waals surface area contributed by atoms with Gasteiger partial charge in [0.1, 0.15) is 17.2 Å². The van der Waals surface area contributed by atoms with Gasteiger partial charge in [-0.15, -0.1) is 4.91 Å². The third kappa shape index (κ3) is 2.18. The number of aromatic amines is 1. The molecule has 0 bridgehead atoms. The minimum atomic E-state index is 0.0853. The zero-order valence-electron chi connectivity index (χ0n) is 14.1. The van der Waals surface area contributed by atoms with Crippen LogP contribution in [-0.2, 0) is 0 Å². The molecule has 0 amide bonds. The van der Waals surface area contributed by atoms with Gasteiger partial charge in [-0.2, -0.15) is 0 Å². The summed E-state index contributed by atoms with van der Waals surface area (Å²) in [6.07, 6.45) is 0. The van der Waals surface area contributed by atoms with E-state index in [0.29, 0.717) is 11.1 Å². The summed E-state index contributed by atoms with van der Waals surface area (Å²) in [7, 11) is 0. The summed E-state index contributed by atoms with van der Waals surface area (Å²) in [5, 5.41) is 25.2. The van der Waals surface area contributed by atoms with Crippen LogP contribution in [0.15, 0.2) is 71.9 Å². The molecule has 0 radical (unpaired) electrons. The van der Waals surface area contributed by atoms with E-state index in [0.717, 1.165) is 38.7 Å². The maximum absolute atomic E-state index is 11.8. The molecule has 0 fully saturated rings. The molecular weight excluding hydrogens is 340 g/mol. The number of fused-ring (bicyclic) bond motifs is 5. The number of benzene rings is 3. The van der Waals surface area contributed by atoms with E-state index >= 15 is 0 Å². The quantitative estimate of drug-likeness (QED) is 0.345. The Bertz CT molecular complexity index is 1300. The largest absolute Gasteiger partial charge is 0.508 e. The zero-order valence-corrected chi connectivity index (χ0v) is 14.1. The van der Waals surface area contributed by atoms with Gasteiger partial charge in [0.05, 0.1) is 5.69 Å². The molecule has 130 valence electrons. The first kappa shape index (κ1) is 15.4. The van der Waals surface area contributed by atoms with E-state index in [9.17, 15) is 15.1 Å². The van der Waals surface area contributed by atoms with Crippen molar-refractivity contribution in [3.8, 4) is 33.9 Å². The van der Waals surface area contributed by atoms with E-state index in [-0.39, 0.29) is 11.5 Å². The van der Waals surface area contributed by atoms with Crippen LogP contribution in [0, 0.1) is 4.91 Å². The van der Waals surface area contributed by atoms with Crippen molar-refractivity contribution in [1.82, 2.24) is 4.98 Å². The number of phenols is 2. The normalized spacial score (nSPS) is 11.4. The summed E-state index contributed by atoms with van der Waals surface area (Å²) < 4.78 is 0. The van der Waals surface area contributed by atoms with E-state index in [1.165, 1.54) is 0 Å². The van der Waals surface area contributed by atoms with Gasteiger partial charge in [0.2, 0.25) is 0 Å². The minimum Gasteiger partial charge on any atom is -0.508 e. The Kier molecular flexibility index (Phi) is 3.18. The highest BCUT2D eigenvalue weighted by molar-refractivity contribution is 6.22. The Morgan fingerprint density at radius 1 is 0.741 bits per heavy atom. The zero-order chi connectivity index (χ0) is 18.5. The van der Waals surface area contributed by atoms with Crippen LogP contribution in [0.2, 0.25) is 0 Å². The highest BCUT2D eigenvalue weighted by atomic mass is 16.3. The summed E-state index contributed by atoms with van der Waals surface area (Å²) in [4.78, 5) is 15.2. The number of aromatic nitrogens is 1. The van der Waals surface area contributed by atoms with Gasteiger partial charge in [0.15, 0.2) is 0 Å². The van der Waals surface area contributed by atoms with Crippen LogP contribution in [0.25, 0.3) is 44.1 Å². The number of rotatable bonds is 2. The number of nitrogens with zero attached hydrogens (tertiary/aromatic N) is 1. The SMILES string of the molecule is O=Nc1c2c3ccccc3[nH]c(-c3ccc(O)cc3)c-2c2ccc(O)cc12. The van der Waals surface area contributed by atoms with Crippen LogP contribution in [0.3, 0.4) is 0 Å². The van der Waals surface area contributed by atoms with E-state index in [4.69, 9.17) is 0 Å². The number of hydrogen-bond donors (Lipinski definition) is 3. The van der Waals surface area contributed by atoms with Crippen molar-refractivity contribution in [3.05, 3.63) is 71.6 Å². The van der Waals surface area contributed by atoms with Gasteiger partial charge in [-0.1, -0.05) is 18.2 Å². The monoisotopic (exact) mass is 354 g/mol. The molecule has 3 aromatic carbocycles. The average Bonchev–Trinajstić information content (AvgIpc) is 3.01. The van der Waals surface area contributed by atoms with Gasteiger partial charge >= 0.3 is 0 Å². The number of phenolic OH excluding ortho intramolecular Hbond substituents is 2. The molecule has 1 aliphatic heterocycles. The molecule has 0 atom stereocenters. The standard InChI is InChI=1S/C22H14N2O3/c25-13-7-5-12(6-8-13)21-19-15-10-9-14(26)11-17(15)22(24-27)20(19)16-3-1-2-4-18(16)23-21/h1-11,23,25-26H. The smallest absolute Gasteiger partial charge is 0.124 e. The predicted octanol–water partition coefficient (Wildman–Crippen LogP) is 5.90. The van der Waals surface area contributed by atoms with E-state index in [2.05, 4.69) is 10.2 Å². The summed E-state index contributed by atoms with van der Waals surface area (Å²) >= 11 is 0. The second-order valence-electron chi connectivity index (χ2n) is 6.51. The van der Waals surface area contributed by atoms with Crippen LogP contribution in [0.4, 0.5) is 5.69 Å². The Hall–Kier alpha value is -3.86. The highest BCUT2D eigenvalue weighted by Crippen LogP contribution is 2.52. The van der Waals surface area contributed by atoms with Gasteiger partial charge < -0.3 is 15.2 Å². The van der Waals surface area contributed by atoms with E-state index < -0.39 is 0 Å². The summed E-state index contributed by atoms with van der Waals surface area (Å²) in [6, 6.07) is 19.6. The number of pyridine rings is 1. The number of H-pyrrole nitrogens is 1. The summed E-state index contributed by atoms with van der Waals surface area (Å²) in [5.41, 5.74) is 4.51. The molecule has 0 saturated heterocycles. The van der Waals surface area contributed by atoms with Crippen molar-refractivity contribution in [2.75, 3.05) is 0 Å². The molecule has 3 N–H and O–H groups in total. The fraction of sp³-hybridized carbons (Fsp3) is 0. The first-order valence-electron chi connectivity index (χ1n) is 8.49. The summed E-state index contributed by atoms with van der Waals surface area (Å²) in [6.45, 7) is 0. The van der Waals surface area contributed by atoms with Crippen LogP contribution in [-0.4, -0.2) is 15.2 Å². The average molecular weight is 354 g/mol. The van der Waals surface area contributed by atoms with Gasteiger partial charge in [-0.25, -0.2) is 0 Å². The number of hydrogen-bond acceptors (Lipinski definition) is 4. The molecule has 1 aliphatic carbocycles. The van der Waals surface area contributed by atoms with Crippen molar-refractivity contribution < 1.29 is 10.2 Å². The number of aromatic hydroxyl groups is 2. The highest BCUT2D eigenvalue weighted by Gasteiger charge is 2.25. The predicted molar refractivity (Wildman–Crippen MR) is 107 cm³/mol. The molecule has 5 rings (SSSR count). The molecule has 5 nitrogen and oxygen atoms in total. The third-order valence-corrected chi connectivity index (χ3v) is 4.97. The van der Waals surface area contributed by atoms with Gasteiger partial charge in [-0.05, 0) is 64.7 Å². The lowest BCUT2D eigenvalue weighted by molar-refractivity contribution is 0.475. The Labute approximate surface area is 153 Å². The molecule has 0 aromatic heterocycles. The number of nitroso groups, excluding NO2 is 1. The molecule has 3 aromatic rings. The minimum absolute atomic E-state index is 0.0853. The van der Waals surface area contributed by atoms with Crippen molar-refractivity contribution >= 4 is 27.4 Å². The molecule has 27 heavy (non-hydrogen) atoms. The first-order chi connectivity index (χ1) is 13.2. The molecule has 0 saturated carbocycles. The lowest BCUT2D eigenvalue weighted by Gasteiger charge is -2.14. The van der Waals surface area contributed by atoms with Crippen LogP contribution < -0.4 is 0 Å². The van der Waals surface area contributed by atoms with Crippen LogP contribution in [0.1, 0.15) is 0 Å². The maximum Gasteiger partial charge on any atom is 0.124 e. The maximum atomic E-state index is 11.8. The lowest BCUT2D eigenvalue weighted by Crippen LogP contribution is -1.92. The van der Waals surface area contributed by atoms with Crippen molar-refractivity contribution in [2.24, 2.45) is 5.18 Å². The van der Waals surface area contributed by atoms with Crippen LogP contribution in [0.5, 0.6) is 11.5 Å². The molecule has 0 spiro atoms. The van der Waals surface area contributed by atoms with Crippen molar-refractivity contribution in [3.63, 3.8) is 0 Å². The molecule has 1 heterocycles. The molecule has 0 unspecified atom stereocenters. The molecular formula is C22H14N2O3. The Balaban J connectivity index is 2.03. The molecule has 2 aliphatic rings. The van der Waals surface area contributed by atoms with Crippen LogP contribution >= 0.6 is 0 Å². The second kappa shape index (κ2) is 5.57. The van der Waals surface area contributed by atoms with E-state index in [1.807, 2.05) is 36.4 Å². The van der Waals surface area contributed by atoms with Crippen molar-refractivity contribution in [2.45, 2.75) is 0 Å². The van der Waals surface area contributed by atoms with Gasteiger partial charge in [0.25, 0.3) is 0 Å².